The molecule has 0 unspecified atom stereocenters. The first-order valence-corrected chi connectivity index (χ1v) is 11.6. The van der Waals surface area contributed by atoms with Crippen LogP contribution in [0.4, 0.5) is 13.2 Å². The molecular weight excluding hydrogens is 467 g/mol. The van der Waals surface area contributed by atoms with Gasteiger partial charge in [0.2, 0.25) is 0 Å². The maximum Gasteiger partial charge on any atom is 0.417 e. The summed E-state index contributed by atoms with van der Waals surface area (Å²) in [7, 11) is 0. The summed E-state index contributed by atoms with van der Waals surface area (Å²) in [5.74, 6) is 0.951. The highest BCUT2D eigenvalue weighted by atomic mass is 32.2. The Labute approximate surface area is 198 Å². The Bertz CT molecular complexity index is 1180. The van der Waals surface area contributed by atoms with Crippen molar-refractivity contribution in [2.45, 2.75) is 36.6 Å². The maximum absolute atomic E-state index is 12.7. The van der Waals surface area contributed by atoms with Crippen LogP contribution in [0.3, 0.4) is 0 Å². The van der Waals surface area contributed by atoms with Crippen molar-refractivity contribution in [1.82, 2.24) is 4.98 Å². The van der Waals surface area contributed by atoms with Crippen LogP contribution in [0, 0.1) is 6.92 Å². The van der Waals surface area contributed by atoms with Gasteiger partial charge in [0.15, 0.2) is 6.61 Å². The van der Waals surface area contributed by atoms with Crippen LogP contribution in [0.5, 0.6) is 11.5 Å². The second-order valence-electron chi connectivity index (χ2n) is 7.88. The Morgan fingerprint density at radius 2 is 1.97 bits per heavy atom. The molecule has 9 heteroatoms. The molecule has 0 saturated heterocycles. The zero-order valence-corrected chi connectivity index (χ0v) is 19.1. The molecule has 1 N–H and O–H groups in total. The number of hydrogen-bond acceptors (Lipinski definition) is 5. The fourth-order valence-electron chi connectivity index (χ4n) is 3.73. The third-order valence-corrected chi connectivity index (χ3v) is 6.46. The summed E-state index contributed by atoms with van der Waals surface area (Å²) >= 11 is 1.60. The Balaban J connectivity index is 1.48. The lowest BCUT2D eigenvalue weighted by atomic mass is 10.0. The molecule has 0 aliphatic carbocycles. The topological polar surface area (TPSA) is 68.7 Å². The van der Waals surface area contributed by atoms with Crippen LogP contribution >= 0.6 is 11.8 Å². The van der Waals surface area contributed by atoms with E-state index in [0.29, 0.717) is 23.8 Å². The lowest BCUT2D eigenvalue weighted by molar-refractivity contribution is -0.139. The van der Waals surface area contributed by atoms with E-state index in [1.807, 2.05) is 37.3 Å². The van der Waals surface area contributed by atoms with Crippen molar-refractivity contribution in [2.24, 2.45) is 0 Å². The molecule has 34 heavy (non-hydrogen) atoms. The molecule has 0 saturated carbocycles. The number of carboxylic acids is 1. The SMILES string of the molecule is Cc1cc(SCc2ccc(-c3ccc(C(F)(F)F)cn3)cc2)c2c(c1OCC(=O)O)CCCO2. The number of ether oxygens (including phenoxy) is 2. The molecule has 2 aromatic carbocycles. The van der Waals surface area contributed by atoms with Crippen molar-refractivity contribution >= 4 is 17.7 Å². The molecule has 3 aromatic rings. The number of carbonyl (C=O) groups is 1. The second kappa shape index (κ2) is 9.97. The molecule has 5 nitrogen and oxygen atoms in total. The summed E-state index contributed by atoms with van der Waals surface area (Å²) in [6.07, 6.45) is -1.97. The van der Waals surface area contributed by atoms with Gasteiger partial charge in [-0.3, -0.25) is 4.98 Å². The summed E-state index contributed by atoms with van der Waals surface area (Å²) < 4.78 is 49.7. The van der Waals surface area contributed by atoms with Crippen molar-refractivity contribution in [2.75, 3.05) is 13.2 Å². The molecule has 178 valence electrons. The van der Waals surface area contributed by atoms with Gasteiger partial charge in [-0.15, -0.1) is 11.8 Å². The van der Waals surface area contributed by atoms with Crippen LogP contribution in [-0.4, -0.2) is 29.3 Å². The van der Waals surface area contributed by atoms with Crippen LogP contribution < -0.4 is 9.47 Å². The number of rotatable bonds is 7. The zero-order chi connectivity index (χ0) is 24.3. The minimum atomic E-state index is -4.41. The third-order valence-electron chi connectivity index (χ3n) is 5.37. The van der Waals surface area contributed by atoms with Gasteiger partial charge < -0.3 is 14.6 Å². The van der Waals surface area contributed by atoms with E-state index in [1.54, 1.807) is 11.8 Å². The average Bonchev–Trinajstić information content (AvgIpc) is 2.82. The van der Waals surface area contributed by atoms with Crippen LogP contribution in [0.25, 0.3) is 11.3 Å². The molecule has 0 fully saturated rings. The quantitative estimate of drug-likeness (QED) is 0.401. The number of hydrogen-bond donors (Lipinski definition) is 1. The summed E-state index contributed by atoms with van der Waals surface area (Å²) in [4.78, 5) is 15.8. The Morgan fingerprint density at radius 1 is 1.21 bits per heavy atom. The van der Waals surface area contributed by atoms with Crippen LogP contribution in [-0.2, 0) is 23.1 Å². The highest BCUT2D eigenvalue weighted by Crippen LogP contribution is 2.44. The number of thioether (sulfide) groups is 1. The summed E-state index contributed by atoms with van der Waals surface area (Å²) in [5.41, 5.74) is 3.23. The van der Waals surface area contributed by atoms with Crippen molar-refractivity contribution in [3.05, 3.63) is 70.9 Å². The van der Waals surface area contributed by atoms with E-state index in [9.17, 15) is 18.0 Å². The van der Waals surface area contributed by atoms with E-state index in [-0.39, 0.29) is 0 Å². The smallest absolute Gasteiger partial charge is 0.417 e. The number of pyridine rings is 1. The Morgan fingerprint density at radius 3 is 2.62 bits per heavy atom. The molecule has 4 rings (SSSR count). The number of nitrogens with zero attached hydrogens (tertiary/aromatic N) is 1. The van der Waals surface area contributed by atoms with E-state index in [4.69, 9.17) is 14.6 Å². The number of fused-ring (bicyclic) bond motifs is 1. The van der Waals surface area contributed by atoms with Gasteiger partial charge in [0, 0.05) is 23.1 Å². The Hall–Kier alpha value is -3.20. The maximum atomic E-state index is 12.7. The molecule has 1 aliphatic heterocycles. The van der Waals surface area contributed by atoms with Gasteiger partial charge in [-0.25, -0.2) is 4.79 Å². The number of aromatic nitrogens is 1. The van der Waals surface area contributed by atoms with Crippen LogP contribution in [0.1, 0.15) is 28.7 Å². The number of aliphatic carboxylic acids is 1. The minimum absolute atomic E-state index is 0.403. The molecular formula is C25H22F3NO4S. The van der Waals surface area contributed by atoms with Crippen LogP contribution in [0.15, 0.2) is 53.6 Å². The van der Waals surface area contributed by atoms with E-state index < -0.39 is 24.3 Å². The number of aryl methyl sites for hydroxylation is 1. The predicted molar refractivity (Wildman–Crippen MR) is 122 cm³/mol. The minimum Gasteiger partial charge on any atom is -0.492 e. The lowest BCUT2D eigenvalue weighted by Crippen LogP contribution is -2.15. The lowest BCUT2D eigenvalue weighted by Gasteiger charge is -2.24. The number of halogens is 3. The van der Waals surface area contributed by atoms with Crippen molar-refractivity contribution in [3.8, 4) is 22.8 Å². The first kappa shape index (κ1) is 23.9. The zero-order valence-electron chi connectivity index (χ0n) is 18.3. The molecule has 0 bridgehead atoms. The highest BCUT2D eigenvalue weighted by molar-refractivity contribution is 7.98. The van der Waals surface area contributed by atoms with Gasteiger partial charge >= 0.3 is 12.1 Å². The van der Waals surface area contributed by atoms with Gasteiger partial charge in [-0.05, 0) is 49.1 Å². The molecule has 1 aliphatic rings. The molecule has 0 radical (unpaired) electrons. The first-order chi connectivity index (χ1) is 16.2. The number of alkyl halides is 3. The predicted octanol–water partition coefficient (Wildman–Crippen LogP) is 6.16. The molecule has 0 atom stereocenters. The molecule has 1 aromatic heterocycles. The molecule has 2 heterocycles. The first-order valence-electron chi connectivity index (χ1n) is 10.6. The second-order valence-corrected chi connectivity index (χ2v) is 8.90. The summed E-state index contributed by atoms with van der Waals surface area (Å²) in [6, 6.07) is 11.9. The average molecular weight is 490 g/mol. The van der Waals surface area contributed by atoms with E-state index >= 15 is 0 Å². The van der Waals surface area contributed by atoms with Crippen molar-refractivity contribution in [1.29, 1.82) is 0 Å². The van der Waals surface area contributed by atoms with Gasteiger partial charge in [-0.1, -0.05) is 24.3 Å². The van der Waals surface area contributed by atoms with Crippen LogP contribution in [0.2, 0.25) is 0 Å². The van der Waals surface area contributed by atoms with Gasteiger partial charge in [0.25, 0.3) is 0 Å². The van der Waals surface area contributed by atoms with Crippen molar-refractivity contribution < 1.29 is 32.5 Å². The van der Waals surface area contributed by atoms with Gasteiger partial charge in [-0.2, -0.15) is 13.2 Å². The number of benzene rings is 2. The third kappa shape index (κ3) is 5.47. The fourth-order valence-corrected chi connectivity index (χ4v) is 4.82. The largest absolute Gasteiger partial charge is 0.492 e. The van der Waals surface area contributed by atoms with E-state index in [0.717, 1.165) is 58.0 Å². The van der Waals surface area contributed by atoms with Crippen molar-refractivity contribution in [3.63, 3.8) is 0 Å². The van der Waals surface area contributed by atoms with Gasteiger partial charge in [0.05, 0.1) is 22.8 Å². The highest BCUT2D eigenvalue weighted by Gasteiger charge is 2.30. The summed E-state index contributed by atoms with van der Waals surface area (Å²) in [5, 5.41) is 8.96. The number of carboxylic acid groups (broad SMARTS) is 1. The fraction of sp³-hybridized carbons (Fsp3) is 0.280. The normalized spacial score (nSPS) is 13.2. The van der Waals surface area contributed by atoms with Gasteiger partial charge in [0.1, 0.15) is 11.5 Å². The Kier molecular flexibility index (Phi) is 7.02. The molecule has 0 spiro atoms. The van der Waals surface area contributed by atoms with E-state index in [2.05, 4.69) is 4.98 Å². The summed E-state index contributed by atoms with van der Waals surface area (Å²) in [6.45, 7) is 2.08. The van der Waals surface area contributed by atoms with E-state index in [1.165, 1.54) is 6.07 Å². The standard InChI is InChI=1S/C25H22F3NO4S/c1-15-11-21(24-19(3-2-10-32-24)23(15)33-13-22(30)31)34-14-16-4-6-17(7-5-16)20-9-8-18(12-29-20)25(26,27)28/h4-9,11-12H,2-3,10,13-14H2,1H3,(H,30,31). The molecule has 0 amide bonds. The monoisotopic (exact) mass is 489 g/mol.